The summed E-state index contributed by atoms with van der Waals surface area (Å²) in [5.41, 5.74) is -0.776. The number of nitrogens with zero attached hydrogens (tertiary/aromatic N) is 1. The van der Waals surface area contributed by atoms with Gasteiger partial charge in [0.25, 0.3) is 0 Å². The fourth-order valence-corrected chi connectivity index (χ4v) is 3.17. The fourth-order valence-electron chi connectivity index (χ4n) is 3.17. The molecule has 0 radical (unpaired) electrons. The predicted molar refractivity (Wildman–Crippen MR) is 73.2 cm³/mol. The van der Waals surface area contributed by atoms with Crippen molar-refractivity contribution < 1.29 is 14.6 Å². The van der Waals surface area contributed by atoms with E-state index < -0.39 is 11.5 Å². The molecule has 1 aliphatic carbocycles. The molecule has 0 aromatic heterocycles. The van der Waals surface area contributed by atoms with Crippen molar-refractivity contribution in [3.05, 3.63) is 0 Å². The number of likely N-dealkylation sites (N-methyl/N-ethyl adjacent to an activating group) is 2. The molecule has 2 atom stereocenters. The highest BCUT2D eigenvalue weighted by Crippen LogP contribution is 2.40. The minimum absolute atomic E-state index is 0.275. The van der Waals surface area contributed by atoms with Crippen LogP contribution in [0.5, 0.6) is 0 Å². The Labute approximate surface area is 115 Å². The third-order valence-electron chi connectivity index (χ3n) is 4.21. The van der Waals surface area contributed by atoms with E-state index in [9.17, 15) is 9.90 Å². The molecule has 2 rings (SSSR count). The molecule has 5 nitrogen and oxygen atoms in total. The van der Waals surface area contributed by atoms with Crippen LogP contribution in [0.4, 0.5) is 0 Å². The Morgan fingerprint density at radius 3 is 2.68 bits per heavy atom. The SMILES string of the molecule is CCNC(CN(C)CC1CCCO1)(C(=O)O)C1CC1. The molecule has 2 unspecified atom stereocenters. The van der Waals surface area contributed by atoms with Crippen molar-refractivity contribution in [1.82, 2.24) is 10.2 Å². The summed E-state index contributed by atoms with van der Waals surface area (Å²) in [6.45, 7) is 4.89. The second kappa shape index (κ2) is 6.20. The Morgan fingerprint density at radius 2 is 2.21 bits per heavy atom. The van der Waals surface area contributed by atoms with Crippen LogP contribution >= 0.6 is 0 Å². The van der Waals surface area contributed by atoms with E-state index in [0.717, 1.165) is 38.8 Å². The molecule has 0 spiro atoms. The maximum atomic E-state index is 11.7. The van der Waals surface area contributed by atoms with Gasteiger partial charge in [0.1, 0.15) is 5.54 Å². The van der Waals surface area contributed by atoms with Gasteiger partial charge in [0.15, 0.2) is 0 Å². The minimum atomic E-state index is -0.776. The number of carbonyl (C=O) groups is 1. The molecule has 0 aromatic rings. The van der Waals surface area contributed by atoms with Crippen molar-refractivity contribution in [2.75, 3.05) is 33.3 Å². The lowest BCUT2D eigenvalue weighted by Gasteiger charge is -2.35. The zero-order chi connectivity index (χ0) is 13.9. The number of aliphatic carboxylic acids is 1. The maximum Gasteiger partial charge on any atom is 0.325 e. The van der Waals surface area contributed by atoms with Crippen LogP contribution in [-0.4, -0.2) is 60.9 Å². The predicted octanol–water partition coefficient (Wildman–Crippen LogP) is 0.940. The zero-order valence-corrected chi connectivity index (χ0v) is 12.0. The van der Waals surface area contributed by atoms with Crippen LogP contribution < -0.4 is 5.32 Å². The number of hydrogen-bond acceptors (Lipinski definition) is 4. The van der Waals surface area contributed by atoms with E-state index in [2.05, 4.69) is 10.2 Å². The number of rotatable bonds is 8. The lowest BCUT2D eigenvalue weighted by atomic mass is 9.92. The van der Waals surface area contributed by atoms with Gasteiger partial charge in [-0.2, -0.15) is 0 Å². The van der Waals surface area contributed by atoms with E-state index in [1.165, 1.54) is 0 Å². The Kier molecular flexibility index (Phi) is 4.81. The molecule has 19 heavy (non-hydrogen) atoms. The number of carboxylic acids is 1. The highest BCUT2D eigenvalue weighted by Gasteiger charge is 2.51. The van der Waals surface area contributed by atoms with Gasteiger partial charge in [-0.25, -0.2) is 0 Å². The van der Waals surface area contributed by atoms with Gasteiger partial charge in [0.05, 0.1) is 6.10 Å². The Morgan fingerprint density at radius 1 is 1.47 bits per heavy atom. The standard InChI is InChI=1S/C14H26N2O3/c1-3-15-14(13(17)18,11-6-7-11)10-16(2)9-12-5-4-8-19-12/h11-12,15H,3-10H2,1-2H3,(H,17,18). The topological polar surface area (TPSA) is 61.8 Å². The minimum Gasteiger partial charge on any atom is -0.480 e. The summed E-state index contributed by atoms with van der Waals surface area (Å²) in [6.07, 6.45) is 4.53. The lowest BCUT2D eigenvalue weighted by Crippen LogP contribution is -2.60. The fraction of sp³-hybridized carbons (Fsp3) is 0.929. The molecular formula is C14H26N2O3. The highest BCUT2D eigenvalue weighted by atomic mass is 16.5. The number of hydrogen-bond donors (Lipinski definition) is 2. The largest absolute Gasteiger partial charge is 0.480 e. The zero-order valence-electron chi connectivity index (χ0n) is 12.0. The molecule has 1 saturated carbocycles. The first-order valence-electron chi connectivity index (χ1n) is 7.37. The van der Waals surface area contributed by atoms with Crippen LogP contribution in [0.2, 0.25) is 0 Å². The maximum absolute atomic E-state index is 11.7. The summed E-state index contributed by atoms with van der Waals surface area (Å²) in [7, 11) is 2.00. The summed E-state index contributed by atoms with van der Waals surface area (Å²) in [5.74, 6) is -0.437. The van der Waals surface area contributed by atoms with E-state index in [4.69, 9.17) is 4.74 Å². The lowest BCUT2D eigenvalue weighted by molar-refractivity contribution is -0.147. The van der Waals surface area contributed by atoms with E-state index in [1.807, 2.05) is 14.0 Å². The number of ether oxygens (including phenoxy) is 1. The molecule has 110 valence electrons. The van der Waals surface area contributed by atoms with E-state index >= 15 is 0 Å². The molecule has 0 bridgehead atoms. The molecule has 0 aromatic carbocycles. The first kappa shape index (κ1) is 14.8. The van der Waals surface area contributed by atoms with Crippen molar-refractivity contribution in [3.8, 4) is 0 Å². The Bertz CT molecular complexity index is 314. The van der Waals surface area contributed by atoms with Gasteiger partial charge in [-0.3, -0.25) is 4.79 Å². The van der Waals surface area contributed by atoms with Crippen molar-refractivity contribution in [3.63, 3.8) is 0 Å². The van der Waals surface area contributed by atoms with Gasteiger partial charge in [0.2, 0.25) is 0 Å². The number of carboxylic acid groups (broad SMARTS) is 1. The molecule has 2 aliphatic rings. The van der Waals surface area contributed by atoms with Gasteiger partial charge in [0, 0.05) is 19.7 Å². The summed E-state index contributed by atoms with van der Waals surface area (Å²) in [4.78, 5) is 13.9. The normalized spacial score (nSPS) is 26.6. The van der Waals surface area contributed by atoms with Crippen LogP contribution in [0.15, 0.2) is 0 Å². The molecule has 2 N–H and O–H groups in total. The van der Waals surface area contributed by atoms with E-state index in [0.29, 0.717) is 13.1 Å². The van der Waals surface area contributed by atoms with Crippen molar-refractivity contribution in [2.45, 2.75) is 44.2 Å². The summed E-state index contributed by atoms with van der Waals surface area (Å²) in [6, 6.07) is 0. The molecule has 5 heteroatoms. The summed E-state index contributed by atoms with van der Waals surface area (Å²) < 4.78 is 5.63. The second-order valence-electron chi connectivity index (χ2n) is 5.91. The molecule has 1 saturated heterocycles. The third kappa shape index (κ3) is 3.46. The molecule has 0 amide bonds. The van der Waals surface area contributed by atoms with Gasteiger partial charge >= 0.3 is 5.97 Å². The van der Waals surface area contributed by atoms with Crippen LogP contribution in [0.25, 0.3) is 0 Å². The molecule has 1 aliphatic heterocycles. The first-order chi connectivity index (χ1) is 9.08. The second-order valence-corrected chi connectivity index (χ2v) is 5.91. The van der Waals surface area contributed by atoms with Crippen molar-refractivity contribution in [1.29, 1.82) is 0 Å². The third-order valence-corrected chi connectivity index (χ3v) is 4.21. The van der Waals surface area contributed by atoms with Gasteiger partial charge in [-0.05, 0) is 45.2 Å². The molecule has 1 heterocycles. The van der Waals surface area contributed by atoms with Crippen LogP contribution in [0.3, 0.4) is 0 Å². The van der Waals surface area contributed by atoms with Gasteiger partial charge < -0.3 is 20.1 Å². The quantitative estimate of drug-likeness (QED) is 0.687. The monoisotopic (exact) mass is 270 g/mol. The Balaban J connectivity index is 1.95. The van der Waals surface area contributed by atoms with Crippen molar-refractivity contribution >= 4 is 5.97 Å². The van der Waals surface area contributed by atoms with Gasteiger partial charge in [-0.1, -0.05) is 6.92 Å². The first-order valence-corrected chi connectivity index (χ1v) is 7.37. The molecule has 2 fully saturated rings. The van der Waals surface area contributed by atoms with Crippen LogP contribution in [0.1, 0.15) is 32.6 Å². The average molecular weight is 270 g/mol. The Hall–Kier alpha value is -0.650. The van der Waals surface area contributed by atoms with Crippen LogP contribution in [0, 0.1) is 5.92 Å². The van der Waals surface area contributed by atoms with Crippen LogP contribution in [-0.2, 0) is 9.53 Å². The average Bonchev–Trinajstić information content (AvgIpc) is 3.08. The molecular weight excluding hydrogens is 244 g/mol. The van der Waals surface area contributed by atoms with Gasteiger partial charge in [-0.15, -0.1) is 0 Å². The smallest absolute Gasteiger partial charge is 0.325 e. The van der Waals surface area contributed by atoms with E-state index in [-0.39, 0.29) is 12.0 Å². The van der Waals surface area contributed by atoms with E-state index in [1.54, 1.807) is 0 Å². The summed E-state index contributed by atoms with van der Waals surface area (Å²) in [5, 5.41) is 12.9. The highest BCUT2D eigenvalue weighted by molar-refractivity contribution is 5.80. The van der Waals surface area contributed by atoms with Crippen molar-refractivity contribution in [2.24, 2.45) is 5.92 Å². The number of nitrogens with one attached hydrogen (secondary N) is 1. The summed E-state index contributed by atoms with van der Waals surface area (Å²) >= 11 is 0.